The summed E-state index contributed by atoms with van der Waals surface area (Å²) in [5, 5.41) is 0. The predicted molar refractivity (Wildman–Crippen MR) is 120 cm³/mol. The molecule has 2 rings (SSSR count). The van der Waals surface area contributed by atoms with Crippen LogP contribution >= 0.6 is 12.4 Å². The number of rotatable bonds is 10. The number of carbonyl (C=O) groups excluding carboxylic acids is 2. The fourth-order valence-corrected chi connectivity index (χ4v) is 4.09. The van der Waals surface area contributed by atoms with Gasteiger partial charge in [0, 0.05) is 51.4 Å². The quantitative estimate of drug-likeness (QED) is 0.277. The zero-order valence-electron chi connectivity index (χ0n) is 19.3. The zero-order chi connectivity index (χ0) is 21.9. The van der Waals surface area contributed by atoms with Crippen molar-refractivity contribution >= 4 is 24.3 Å². The molecule has 4 unspecified atom stereocenters. The molecule has 2 fully saturated rings. The third kappa shape index (κ3) is 11.8. The van der Waals surface area contributed by atoms with Crippen LogP contribution in [0.25, 0.3) is 0 Å². The van der Waals surface area contributed by atoms with Crippen LogP contribution in [0.15, 0.2) is 12.2 Å². The third-order valence-electron chi connectivity index (χ3n) is 5.07. The zero-order valence-corrected chi connectivity index (χ0v) is 20.1. The Morgan fingerprint density at radius 3 is 1.39 bits per heavy atom. The van der Waals surface area contributed by atoms with Crippen LogP contribution in [0.4, 0.5) is 0 Å². The Morgan fingerprint density at radius 2 is 1.06 bits per heavy atom. The number of carbonyl (C=O) groups is 2. The number of halogens is 1. The molecule has 2 aliphatic rings. The van der Waals surface area contributed by atoms with E-state index in [1.54, 1.807) is 0 Å². The van der Waals surface area contributed by atoms with Crippen molar-refractivity contribution in [2.45, 2.75) is 65.0 Å². The number of ether oxygens (including phenoxy) is 4. The van der Waals surface area contributed by atoms with Crippen LogP contribution < -0.4 is 0 Å². The molecule has 31 heavy (non-hydrogen) atoms. The molecule has 0 aromatic carbocycles. The number of nitrogens with zero attached hydrogens (tertiary/aromatic N) is 2. The lowest BCUT2D eigenvalue weighted by Crippen LogP contribution is -2.45. The minimum Gasteiger partial charge on any atom is -0.462 e. The molecule has 0 bridgehead atoms. The van der Waals surface area contributed by atoms with Gasteiger partial charge in [0.2, 0.25) is 0 Å². The third-order valence-corrected chi connectivity index (χ3v) is 5.07. The average Bonchev–Trinajstić information content (AvgIpc) is 2.65. The highest BCUT2D eigenvalue weighted by atomic mass is 35.5. The van der Waals surface area contributed by atoms with Crippen LogP contribution in [0, 0.1) is 0 Å². The molecule has 0 aliphatic carbocycles. The van der Waals surface area contributed by atoms with E-state index in [4.69, 9.17) is 18.9 Å². The molecule has 9 heteroatoms. The van der Waals surface area contributed by atoms with E-state index in [0.29, 0.717) is 13.2 Å². The first-order valence-electron chi connectivity index (χ1n) is 11.1. The fourth-order valence-electron chi connectivity index (χ4n) is 4.09. The molecular weight excluding hydrogens is 424 g/mol. The Hall–Kier alpha value is -1.19. The molecular formula is C22H39ClN2O6. The number of esters is 2. The van der Waals surface area contributed by atoms with Gasteiger partial charge in [-0.2, -0.15) is 0 Å². The normalized spacial score (nSPS) is 27.6. The summed E-state index contributed by atoms with van der Waals surface area (Å²) in [5.41, 5.74) is 0. The van der Waals surface area contributed by atoms with Gasteiger partial charge in [-0.1, -0.05) is 0 Å². The van der Waals surface area contributed by atoms with Gasteiger partial charge in [0.15, 0.2) is 0 Å². The summed E-state index contributed by atoms with van der Waals surface area (Å²) >= 11 is 0. The van der Waals surface area contributed by atoms with Crippen LogP contribution in [0.2, 0.25) is 0 Å². The second kappa shape index (κ2) is 14.8. The number of hydrogen-bond acceptors (Lipinski definition) is 8. The molecule has 180 valence electrons. The molecule has 4 atom stereocenters. The smallest absolute Gasteiger partial charge is 0.331 e. The summed E-state index contributed by atoms with van der Waals surface area (Å²) in [4.78, 5) is 28.1. The Balaban J connectivity index is 0.00000480. The molecule has 0 saturated carbocycles. The maximum atomic E-state index is 11.7. The van der Waals surface area contributed by atoms with Gasteiger partial charge < -0.3 is 18.9 Å². The largest absolute Gasteiger partial charge is 0.462 e. The van der Waals surface area contributed by atoms with Crippen LogP contribution in [-0.2, 0) is 28.5 Å². The van der Waals surface area contributed by atoms with Gasteiger partial charge in [-0.25, -0.2) is 9.59 Å². The van der Waals surface area contributed by atoms with E-state index in [9.17, 15) is 9.59 Å². The van der Waals surface area contributed by atoms with Crippen molar-refractivity contribution in [3.63, 3.8) is 0 Å². The summed E-state index contributed by atoms with van der Waals surface area (Å²) in [5.74, 6) is -1.04. The van der Waals surface area contributed by atoms with E-state index in [1.165, 1.54) is 0 Å². The van der Waals surface area contributed by atoms with Gasteiger partial charge in [0.25, 0.3) is 0 Å². The molecule has 0 aromatic heterocycles. The average molecular weight is 463 g/mol. The maximum Gasteiger partial charge on any atom is 0.331 e. The van der Waals surface area contributed by atoms with Crippen molar-refractivity contribution < 1.29 is 28.5 Å². The van der Waals surface area contributed by atoms with Crippen LogP contribution in [0.5, 0.6) is 0 Å². The first-order chi connectivity index (χ1) is 14.3. The van der Waals surface area contributed by atoms with E-state index in [-0.39, 0.29) is 36.8 Å². The van der Waals surface area contributed by atoms with Crippen LogP contribution in [-0.4, -0.2) is 98.6 Å². The van der Waals surface area contributed by atoms with Gasteiger partial charge in [-0.15, -0.1) is 12.4 Å². The Morgan fingerprint density at radius 1 is 0.742 bits per heavy atom. The highest BCUT2D eigenvalue weighted by molar-refractivity contribution is 5.91. The molecule has 8 nitrogen and oxygen atoms in total. The molecule has 2 saturated heterocycles. The highest BCUT2D eigenvalue weighted by Crippen LogP contribution is 2.11. The Labute approximate surface area is 192 Å². The van der Waals surface area contributed by atoms with E-state index < -0.39 is 11.9 Å². The van der Waals surface area contributed by atoms with E-state index in [0.717, 1.165) is 64.3 Å². The first kappa shape index (κ1) is 27.8. The van der Waals surface area contributed by atoms with E-state index in [1.807, 2.05) is 0 Å². The highest BCUT2D eigenvalue weighted by Gasteiger charge is 2.22. The Kier molecular flexibility index (Phi) is 13.3. The summed E-state index contributed by atoms with van der Waals surface area (Å²) in [6.07, 6.45) is 4.68. The maximum absolute atomic E-state index is 11.7. The summed E-state index contributed by atoms with van der Waals surface area (Å²) in [6, 6.07) is 0. The molecule has 0 radical (unpaired) electrons. The van der Waals surface area contributed by atoms with E-state index >= 15 is 0 Å². The van der Waals surface area contributed by atoms with Gasteiger partial charge in [0.05, 0.1) is 37.6 Å². The van der Waals surface area contributed by atoms with Gasteiger partial charge in [-0.05, 0) is 40.5 Å². The number of morpholine rings is 2. The predicted octanol–water partition coefficient (Wildman–Crippen LogP) is 2.05. The SMILES string of the molecule is CC1CN(CCCOC(=O)/C=C/C(=O)OCCCN2CC(C)OC(C)C2)CC(C)O1.Cl. The van der Waals surface area contributed by atoms with Crippen molar-refractivity contribution in [1.29, 1.82) is 0 Å². The van der Waals surface area contributed by atoms with Crippen molar-refractivity contribution in [2.24, 2.45) is 0 Å². The number of hydrogen-bond donors (Lipinski definition) is 0. The molecule has 0 amide bonds. The fraction of sp³-hybridized carbons (Fsp3) is 0.818. The van der Waals surface area contributed by atoms with Gasteiger partial charge in [-0.3, -0.25) is 9.80 Å². The monoisotopic (exact) mass is 462 g/mol. The van der Waals surface area contributed by atoms with E-state index in [2.05, 4.69) is 37.5 Å². The minimum absolute atomic E-state index is 0. The minimum atomic E-state index is -0.521. The lowest BCUT2D eigenvalue weighted by Gasteiger charge is -2.35. The van der Waals surface area contributed by atoms with Crippen molar-refractivity contribution in [1.82, 2.24) is 9.80 Å². The van der Waals surface area contributed by atoms with Crippen LogP contribution in [0.1, 0.15) is 40.5 Å². The van der Waals surface area contributed by atoms with Crippen molar-refractivity contribution in [2.75, 3.05) is 52.5 Å². The van der Waals surface area contributed by atoms with Gasteiger partial charge >= 0.3 is 11.9 Å². The summed E-state index contributed by atoms with van der Waals surface area (Å²) in [6.45, 7) is 14.2. The van der Waals surface area contributed by atoms with Crippen molar-refractivity contribution in [3.8, 4) is 0 Å². The van der Waals surface area contributed by atoms with Crippen molar-refractivity contribution in [3.05, 3.63) is 12.2 Å². The molecule has 0 aromatic rings. The molecule has 0 N–H and O–H groups in total. The molecule has 0 spiro atoms. The second-order valence-corrected chi connectivity index (χ2v) is 8.41. The van der Waals surface area contributed by atoms with Crippen LogP contribution in [0.3, 0.4) is 0 Å². The lowest BCUT2D eigenvalue weighted by molar-refractivity contribution is -0.140. The van der Waals surface area contributed by atoms with Gasteiger partial charge in [0.1, 0.15) is 0 Å². The Bertz CT molecular complexity index is 508. The second-order valence-electron chi connectivity index (χ2n) is 8.41. The molecule has 2 aliphatic heterocycles. The summed E-state index contributed by atoms with van der Waals surface area (Å²) in [7, 11) is 0. The topological polar surface area (TPSA) is 77.5 Å². The summed E-state index contributed by atoms with van der Waals surface area (Å²) < 4.78 is 21.7. The standard InChI is InChI=1S/C22H38N2O6.ClH/c1-17-13-23(14-18(2)29-17)9-5-11-27-21(25)7-8-22(26)28-12-6-10-24-15-19(3)30-20(4)16-24;/h7-8,17-20H,5-6,9-16H2,1-4H3;1H/b8-7+;. The first-order valence-corrected chi connectivity index (χ1v) is 11.1. The lowest BCUT2D eigenvalue weighted by atomic mass is 10.2. The molecule has 2 heterocycles.